The van der Waals surface area contributed by atoms with E-state index in [1.54, 1.807) is 83.1 Å². The third-order valence-corrected chi connectivity index (χ3v) is 19.8. The van der Waals surface area contributed by atoms with Gasteiger partial charge in [-0.05, 0) is 189 Å². The smallest absolute Gasteiger partial charge is 0.348 e. The van der Waals surface area contributed by atoms with Crippen molar-refractivity contribution in [3.63, 3.8) is 0 Å². The van der Waals surface area contributed by atoms with Crippen LogP contribution in [0.1, 0.15) is 208 Å². The molecule has 2 N–H and O–H groups in total. The summed E-state index contributed by atoms with van der Waals surface area (Å²) in [5.74, 6) is -4.39. The third kappa shape index (κ3) is 17.7. The minimum Gasteiger partial charge on any atom is -0.480 e. The van der Waals surface area contributed by atoms with Gasteiger partial charge in [-0.2, -0.15) is 0 Å². The van der Waals surface area contributed by atoms with E-state index in [1.807, 2.05) is 55.5 Å². The van der Waals surface area contributed by atoms with Crippen molar-refractivity contribution in [2.45, 2.75) is 227 Å². The summed E-state index contributed by atoms with van der Waals surface area (Å²) >= 11 is 3.07. The molecule has 2 aromatic carbocycles. The van der Waals surface area contributed by atoms with Crippen LogP contribution < -0.4 is 33.7 Å². The summed E-state index contributed by atoms with van der Waals surface area (Å²) in [5.41, 5.74) is -4.89. The maximum atomic E-state index is 13.9. The number of aromatic amines is 1. The number of nitrogens with zero attached hydrogens (tertiary/aromatic N) is 5. The van der Waals surface area contributed by atoms with E-state index < -0.39 is 97.4 Å². The number of ether oxygens (including phenoxy) is 5. The predicted molar refractivity (Wildman–Crippen MR) is 396 cm³/mol. The normalized spacial score (nSPS) is 11.6. The van der Waals surface area contributed by atoms with Crippen molar-refractivity contribution in [3.05, 3.63) is 165 Å². The lowest BCUT2D eigenvalue weighted by molar-refractivity contribution is -0.165. The SMILES string of the molecule is C.C.C.CCOC(=O)c1sc2[nH]c(=O)n(C(C)(C)C(=O)OC(C)(C)C)c(=O)c2c1C.CCOC(=O)c1sc2c(c1C)c(=O)n(C(C)(C)C(=O)O)c(=O)n2CCc1ccccc1CC.CCOC(=O)c1sc2c(c1C)c(=O)n(C(C)(C)C(=O)OC(C)(C)C)c(=O)n2CCc1ccccc1CC. The zero-order valence-electron chi connectivity index (χ0n) is 58.8. The molecule has 24 nitrogen and oxygen atoms in total. The second kappa shape index (κ2) is 33.6. The number of hydrogen-bond donors (Lipinski definition) is 2. The highest BCUT2D eigenvalue weighted by Gasteiger charge is 2.41. The van der Waals surface area contributed by atoms with Gasteiger partial charge in [-0.1, -0.05) is 84.7 Å². The fourth-order valence-electron chi connectivity index (χ4n) is 10.8. The molecule has 0 aliphatic rings. The van der Waals surface area contributed by atoms with Crippen molar-refractivity contribution in [1.82, 2.24) is 27.8 Å². The Balaban J connectivity index is 0.000000389. The highest BCUT2D eigenvalue weighted by molar-refractivity contribution is 7.21. The number of carboxylic acid groups (broad SMARTS) is 1. The molecule has 8 aromatic rings. The molecule has 6 aromatic heterocycles. The Kier molecular flexibility index (Phi) is 28.7. The number of fused-ring (bicyclic) bond motifs is 3. The average molecular weight is 1450 g/mol. The van der Waals surface area contributed by atoms with E-state index in [0.29, 0.717) is 39.2 Å². The molecule has 0 saturated heterocycles. The second-order valence-corrected chi connectivity index (χ2v) is 29.4. The van der Waals surface area contributed by atoms with E-state index in [1.165, 1.54) is 56.2 Å². The minimum atomic E-state index is -1.77. The van der Waals surface area contributed by atoms with Crippen LogP contribution in [-0.4, -0.2) is 99.8 Å². The first-order chi connectivity index (χ1) is 45.1. The van der Waals surface area contributed by atoms with Gasteiger partial charge < -0.3 is 28.8 Å². The molecule has 6 heterocycles. The van der Waals surface area contributed by atoms with E-state index in [2.05, 4.69) is 11.9 Å². The third-order valence-electron chi connectivity index (χ3n) is 16.0. The van der Waals surface area contributed by atoms with Crippen molar-refractivity contribution in [2.24, 2.45) is 0 Å². The lowest BCUT2D eigenvalue weighted by Crippen LogP contribution is -2.54. The van der Waals surface area contributed by atoms with Crippen molar-refractivity contribution in [1.29, 1.82) is 0 Å². The molecule has 0 bridgehead atoms. The predicted octanol–water partition coefficient (Wildman–Crippen LogP) is 12.1. The zero-order chi connectivity index (χ0) is 72.9. The summed E-state index contributed by atoms with van der Waals surface area (Å²) in [5, 5.41) is 10.3. The van der Waals surface area contributed by atoms with Crippen LogP contribution in [0.5, 0.6) is 0 Å². The zero-order valence-corrected chi connectivity index (χ0v) is 61.3. The molecule has 100 heavy (non-hydrogen) atoms. The summed E-state index contributed by atoms with van der Waals surface area (Å²) in [6, 6.07) is 15.9. The number of aryl methyl sites for hydroxylation is 9. The summed E-state index contributed by atoms with van der Waals surface area (Å²) in [6.45, 7) is 33.9. The molecule has 0 saturated carbocycles. The maximum Gasteiger partial charge on any atom is 0.348 e. The molecular formula is C73H100N6O18S3. The Labute approximate surface area is 594 Å². The molecule has 0 radical (unpaired) electrons. The van der Waals surface area contributed by atoms with E-state index in [4.69, 9.17) is 23.7 Å². The summed E-state index contributed by atoms with van der Waals surface area (Å²) in [4.78, 5) is 160. The van der Waals surface area contributed by atoms with E-state index in [9.17, 15) is 62.6 Å². The lowest BCUT2D eigenvalue weighted by Gasteiger charge is -2.30. The van der Waals surface area contributed by atoms with Crippen molar-refractivity contribution in [3.8, 4) is 0 Å². The van der Waals surface area contributed by atoms with Gasteiger partial charge in [0.25, 0.3) is 16.7 Å². The number of rotatable bonds is 20. The van der Waals surface area contributed by atoms with Gasteiger partial charge in [-0.3, -0.25) is 28.5 Å². The first kappa shape index (κ1) is 85.4. The summed E-state index contributed by atoms with van der Waals surface area (Å²) < 4.78 is 31.7. The van der Waals surface area contributed by atoms with Gasteiger partial charge in [0, 0.05) is 13.1 Å². The van der Waals surface area contributed by atoms with E-state index >= 15 is 0 Å². The lowest BCUT2D eigenvalue weighted by atomic mass is 10.0. The van der Waals surface area contributed by atoms with Gasteiger partial charge in [0.2, 0.25) is 0 Å². The number of aromatic nitrogens is 6. The molecule has 0 unspecified atom stereocenters. The van der Waals surface area contributed by atoms with E-state index in [-0.39, 0.29) is 90.8 Å². The maximum absolute atomic E-state index is 13.9. The number of H-pyrrole nitrogens is 1. The van der Waals surface area contributed by atoms with Gasteiger partial charge in [-0.15, -0.1) is 34.0 Å². The number of aliphatic carboxylic acids is 1. The van der Waals surface area contributed by atoms with Crippen LogP contribution in [0.2, 0.25) is 0 Å². The largest absolute Gasteiger partial charge is 0.480 e. The molecule has 0 amide bonds. The van der Waals surface area contributed by atoms with Gasteiger partial charge in [-0.25, -0.2) is 56.9 Å². The van der Waals surface area contributed by atoms with Crippen molar-refractivity contribution >= 4 is 100 Å². The first-order valence-corrected chi connectivity index (χ1v) is 34.3. The Bertz CT molecular complexity index is 4760. The van der Waals surface area contributed by atoms with Crippen LogP contribution in [0.25, 0.3) is 30.6 Å². The number of carbonyl (C=O) groups excluding carboxylic acids is 5. The monoisotopic (exact) mass is 1440 g/mol. The van der Waals surface area contributed by atoms with Crippen LogP contribution in [0, 0.1) is 20.8 Å². The standard InChI is InChI=1S/C28H36N2O6S.C24H28N2O6S.C18H24N2O6S.3CH4/c1-9-18-13-11-12-14-19(18)15-16-29-23-20(17(3)21(37-23)24(32)35-10-2)22(31)30(26(29)34)28(7,8)25(33)36-27(4,5)6;1-6-15-10-8-9-11-16(15)12-13-25-20-17(14(3)18(33-20)21(28)32-7-2)19(27)26(23(25)31)24(4,5)22(29)30;1-8-25-14(22)11-9(2)10-12(27-11)19-16(24)20(13(10)21)18(6,7)15(23)26-17(3,4)5;;;/h11-14H,9-10,15-16H2,1-8H3;8-11H,6-7,12-13H2,1-5H3,(H,29,30);8H2,1-7H3,(H,19,24);3*1H4. The molecule has 0 fully saturated rings. The van der Waals surface area contributed by atoms with E-state index in [0.717, 1.165) is 77.2 Å². The fourth-order valence-corrected chi connectivity index (χ4v) is 14.3. The molecular weight excluding hydrogens is 1350 g/mol. The van der Waals surface area contributed by atoms with Gasteiger partial charge in [0.15, 0.2) is 0 Å². The molecule has 0 spiro atoms. The highest BCUT2D eigenvalue weighted by atomic mass is 32.1. The molecule has 8 rings (SSSR count). The summed E-state index contributed by atoms with van der Waals surface area (Å²) in [6.07, 6.45) is 2.72. The number of hydrogen-bond acceptors (Lipinski definition) is 20. The quantitative estimate of drug-likeness (QED) is 0.0529. The number of carboxylic acids is 1. The van der Waals surface area contributed by atoms with Crippen molar-refractivity contribution < 1.29 is 57.6 Å². The Morgan fingerprint density at radius 2 is 0.760 bits per heavy atom. The molecule has 0 atom stereocenters. The topological polar surface area (TPSA) is 312 Å². The number of nitrogens with one attached hydrogen (secondary N) is 1. The summed E-state index contributed by atoms with van der Waals surface area (Å²) in [7, 11) is 0. The highest BCUT2D eigenvalue weighted by Crippen LogP contribution is 2.33. The Hall–Kier alpha value is -8.82. The Morgan fingerprint density at radius 3 is 1.09 bits per heavy atom. The van der Waals surface area contributed by atoms with Gasteiger partial charge >= 0.3 is 52.9 Å². The average Bonchev–Trinajstić information content (AvgIpc) is 1.52. The minimum absolute atomic E-state index is 0. The molecule has 548 valence electrons. The van der Waals surface area contributed by atoms with Crippen LogP contribution in [0.3, 0.4) is 0 Å². The number of benzene rings is 2. The molecule has 27 heteroatoms. The fraction of sp³-hybridized carbons (Fsp3) is 0.507. The number of carbonyl (C=O) groups is 6. The van der Waals surface area contributed by atoms with Crippen LogP contribution in [0.4, 0.5) is 0 Å². The van der Waals surface area contributed by atoms with Crippen LogP contribution in [0.15, 0.2) is 77.3 Å². The number of thiophene rings is 3. The van der Waals surface area contributed by atoms with Crippen molar-refractivity contribution in [2.75, 3.05) is 19.8 Å². The molecule has 0 aliphatic carbocycles. The number of esters is 5. The van der Waals surface area contributed by atoms with Crippen LogP contribution >= 0.6 is 34.0 Å². The van der Waals surface area contributed by atoms with Gasteiger partial charge in [0.1, 0.15) is 56.9 Å². The Morgan fingerprint density at radius 1 is 0.450 bits per heavy atom. The van der Waals surface area contributed by atoms with Gasteiger partial charge in [0.05, 0.1) is 36.0 Å². The first-order valence-electron chi connectivity index (χ1n) is 31.8. The second-order valence-electron chi connectivity index (χ2n) is 26.3. The van der Waals surface area contributed by atoms with Crippen LogP contribution in [-0.2, 0) is 93.5 Å². The molecule has 0 aliphatic heterocycles.